The second-order valence-electron chi connectivity index (χ2n) is 8.95. The van der Waals surface area contributed by atoms with Crippen LogP contribution in [-0.2, 0) is 0 Å². The van der Waals surface area contributed by atoms with E-state index in [0.29, 0.717) is 30.1 Å². The molecule has 3 saturated carbocycles. The third kappa shape index (κ3) is 4.94. The summed E-state index contributed by atoms with van der Waals surface area (Å²) in [7, 11) is 0. The van der Waals surface area contributed by atoms with Crippen molar-refractivity contribution in [2.24, 2.45) is 23.7 Å². The predicted molar refractivity (Wildman–Crippen MR) is 93.4 cm³/mol. The summed E-state index contributed by atoms with van der Waals surface area (Å²) in [5.41, 5.74) is 0. The fraction of sp³-hybridized carbons (Fsp3) is 1.00. The van der Waals surface area contributed by atoms with E-state index in [0.717, 1.165) is 70.6 Å². The second kappa shape index (κ2) is 8.48. The number of rotatable bonds is 4. The lowest BCUT2D eigenvalue weighted by atomic mass is 9.68. The average Bonchev–Trinajstić information content (AvgIpc) is 2.56. The van der Waals surface area contributed by atoms with Gasteiger partial charge in [-0.2, -0.15) is 0 Å². The highest BCUT2D eigenvalue weighted by molar-refractivity contribution is 4.89. The lowest BCUT2D eigenvalue weighted by molar-refractivity contribution is -0.0523. The Kier molecular flexibility index (Phi) is 6.58. The van der Waals surface area contributed by atoms with Crippen LogP contribution in [0, 0.1) is 23.7 Å². The van der Waals surface area contributed by atoms with Crippen molar-refractivity contribution >= 4 is 0 Å². The molecule has 0 bridgehead atoms. The highest BCUT2D eigenvalue weighted by atomic mass is 16.3. The molecule has 3 aliphatic rings. The molecular formula is C20H36O4. The van der Waals surface area contributed by atoms with E-state index < -0.39 is 0 Å². The van der Waals surface area contributed by atoms with Gasteiger partial charge in [-0.3, -0.25) is 0 Å². The van der Waals surface area contributed by atoms with E-state index in [1.165, 1.54) is 0 Å². The van der Waals surface area contributed by atoms with Crippen LogP contribution in [0.5, 0.6) is 0 Å². The van der Waals surface area contributed by atoms with Gasteiger partial charge in [-0.25, -0.2) is 0 Å². The van der Waals surface area contributed by atoms with Crippen molar-refractivity contribution in [3.8, 4) is 0 Å². The van der Waals surface area contributed by atoms with Gasteiger partial charge in [0, 0.05) is 0 Å². The highest BCUT2D eigenvalue weighted by Gasteiger charge is 2.38. The minimum atomic E-state index is -0.365. The Bertz CT molecular complexity index is 338. The molecule has 0 aromatic carbocycles. The number of hydrogen-bond acceptors (Lipinski definition) is 4. The maximum absolute atomic E-state index is 10.4. The standard InChI is InChI=1S/C20H36O4/c21-17-5-1-13(2-6-17)9-15-11-16(20(24)12-19(15)23)10-14-3-7-18(22)8-4-14/h13-24H,1-12H2. The van der Waals surface area contributed by atoms with Crippen LogP contribution < -0.4 is 0 Å². The minimum absolute atomic E-state index is 0.117. The SMILES string of the molecule is OC1CCC(CC2CC(CC3CCC(O)CC3)C(O)CC2O)CC1. The topological polar surface area (TPSA) is 80.9 Å². The molecule has 3 fully saturated rings. The molecule has 3 rings (SSSR count). The molecule has 0 saturated heterocycles. The van der Waals surface area contributed by atoms with E-state index >= 15 is 0 Å². The van der Waals surface area contributed by atoms with E-state index in [4.69, 9.17) is 0 Å². The summed E-state index contributed by atoms with van der Waals surface area (Å²) in [5.74, 6) is 1.89. The largest absolute Gasteiger partial charge is 0.393 e. The monoisotopic (exact) mass is 340 g/mol. The molecule has 0 aliphatic heterocycles. The van der Waals surface area contributed by atoms with Gasteiger partial charge in [0.05, 0.1) is 24.4 Å². The van der Waals surface area contributed by atoms with E-state index in [1.54, 1.807) is 0 Å². The first-order valence-corrected chi connectivity index (χ1v) is 10.2. The Balaban J connectivity index is 1.50. The fourth-order valence-electron chi connectivity index (χ4n) is 5.46. The molecule has 140 valence electrons. The number of aliphatic hydroxyl groups is 4. The highest BCUT2D eigenvalue weighted by Crippen LogP contribution is 2.41. The molecule has 0 amide bonds. The Labute approximate surface area is 146 Å². The van der Waals surface area contributed by atoms with Gasteiger partial charge in [0.1, 0.15) is 0 Å². The molecule has 4 nitrogen and oxygen atoms in total. The first-order valence-electron chi connectivity index (χ1n) is 10.2. The third-order valence-corrected chi connectivity index (χ3v) is 7.08. The molecule has 0 spiro atoms. The molecule has 0 heterocycles. The van der Waals surface area contributed by atoms with Gasteiger partial charge >= 0.3 is 0 Å². The Hall–Kier alpha value is -0.160. The number of hydrogen-bond donors (Lipinski definition) is 4. The maximum atomic E-state index is 10.4. The van der Waals surface area contributed by atoms with E-state index in [-0.39, 0.29) is 24.4 Å². The molecule has 4 N–H and O–H groups in total. The van der Waals surface area contributed by atoms with Crippen molar-refractivity contribution < 1.29 is 20.4 Å². The van der Waals surface area contributed by atoms with Gasteiger partial charge in [-0.15, -0.1) is 0 Å². The molecular weight excluding hydrogens is 304 g/mol. The lowest BCUT2D eigenvalue weighted by Gasteiger charge is -2.41. The second-order valence-corrected chi connectivity index (χ2v) is 8.95. The van der Waals surface area contributed by atoms with Gasteiger partial charge in [0.15, 0.2) is 0 Å². The molecule has 4 heteroatoms. The Morgan fingerprint density at radius 2 is 0.875 bits per heavy atom. The van der Waals surface area contributed by atoms with Crippen LogP contribution in [0.3, 0.4) is 0 Å². The summed E-state index contributed by atoms with van der Waals surface area (Å²) in [6.45, 7) is 0. The smallest absolute Gasteiger partial charge is 0.0593 e. The van der Waals surface area contributed by atoms with Crippen molar-refractivity contribution in [3.63, 3.8) is 0 Å². The third-order valence-electron chi connectivity index (χ3n) is 7.08. The normalized spacial score (nSPS) is 47.5. The van der Waals surface area contributed by atoms with Gasteiger partial charge in [-0.05, 0) is 101 Å². The van der Waals surface area contributed by atoms with Crippen LogP contribution in [0.2, 0.25) is 0 Å². The molecule has 4 atom stereocenters. The predicted octanol–water partition coefficient (Wildman–Crippen LogP) is 2.62. The first kappa shape index (κ1) is 18.6. The summed E-state index contributed by atoms with van der Waals surface area (Å²) < 4.78 is 0. The quantitative estimate of drug-likeness (QED) is 0.634. The summed E-state index contributed by atoms with van der Waals surface area (Å²) in [4.78, 5) is 0. The minimum Gasteiger partial charge on any atom is -0.393 e. The average molecular weight is 341 g/mol. The fourth-order valence-corrected chi connectivity index (χ4v) is 5.46. The van der Waals surface area contributed by atoms with E-state index in [9.17, 15) is 20.4 Å². The van der Waals surface area contributed by atoms with Crippen LogP contribution >= 0.6 is 0 Å². The summed E-state index contributed by atoms with van der Waals surface area (Å²) >= 11 is 0. The number of aliphatic hydroxyl groups excluding tert-OH is 4. The van der Waals surface area contributed by atoms with Crippen molar-refractivity contribution in [2.75, 3.05) is 0 Å². The lowest BCUT2D eigenvalue weighted by Crippen LogP contribution is -2.40. The van der Waals surface area contributed by atoms with Crippen molar-refractivity contribution in [1.82, 2.24) is 0 Å². The van der Waals surface area contributed by atoms with E-state index in [2.05, 4.69) is 0 Å². The Morgan fingerprint density at radius 3 is 1.25 bits per heavy atom. The van der Waals surface area contributed by atoms with Crippen LogP contribution in [0.4, 0.5) is 0 Å². The van der Waals surface area contributed by atoms with Crippen LogP contribution in [-0.4, -0.2) is 44.8 Å². The summed E-state index contributed by atoms with van der Waals surface area (Å²) in [5, 5.41) is 40.2. The van der Waals surface area contributed by atoms with Crippen LogP contribution in [0.15, 0.2) is 0 Å². The van der Waals surface area contributed by atoms with E-state index in [1.807, 2.05) is 0 Å². The molecule has 0 aromatic rings. The van der Waals surface area contributed by atoms with Gasteiger partial charge in [0.25, 0.3) is 0 Å². The van der Waals surface area contributed by atoms with Crippen LogP contribution in [0.25, 0.3) is 0 Å². The van der Waals surface area contributed by atoms with Crippen LogP contribution in [0.1, 0.15) is 77.0 Å². The van der Waals surface area contributed by atoms with Crippen molar-refractivity contribution in [1.29, 1.82) is 0 Å². The van der Waals surface area contributed by atoms with Gasteiger partial charge in [0.2, 0.25) is 0 Å². The maximum Gasteiger partial charge on any atom is 0.0593 e. The molecule has 3 aliphatic carbocycles. The molecule has 0 aromatic heterocycles. The molecule has 4 unspecified atom stereocenters. The zero-order valence-electron chi connectivity index (χ0n) is 14.9. The first-order chi connectivity index (χ1) is 11.5. The zero-order valence-corrected chi connectivity index (χ0v) is 14.9. The van der Waals surface area contributed by atoms with Gasteiger partial charge < -0.3 is 20.4 Å². The summed E-state index contributed by atoms with van der Waals surface area (Å²) in [6, 6.07) is 0. The Morgan fingerprint density at radius 1 is 0.500 bits per heavy atom. The van der Waals surface area contributed by atoms with Crippen molar-refractivity contribution in [2.45, 2.75) is 101 Å². The molecule has 24 heavy (non-hydrogen) atoms. The summed E-state index contributed by atoms with van der Waals surface area (Å²) in [6.07, 6.45) is 10.6. The van der Waals surface area contributed by atoms with Crippen molar-refractivity contribution in [3.05, 3.63) is 0 Å². The molecule has 0 radical (unpaired) electrons. The zero-order chi connectivity index (χ0) is 17.1. The van der Waals surface area contributed by atoms with Gasteiger partial charge in [-0.1, -0.05) is 0 Å².